The number of hydrogen-bond acceptors (Lipinski definition) is 3. The second kappa shape index (κ2) is 15.9. The summed E-state index contributed by atoms with van der Waals surface area (Å²) in [5, 5.41) is 11.1. The minimum absolute atomic E-state index is 0.374. The summed E-state index contributed by atoms with van der Waals surface area (Å²) < 4.78 is 0. The Bertz CT molecular complexity index is 1090. The summed E-state index contributed by atoms with van der Waals surface area (Å²) >= 11 is 0. The first-order valence-electron chi connectivity index (χ1n) is 14.1. The molecule has 3 heteroatoms. The number of hydrogen-bond donors (Lipinski definition) is 3. The monoisotopic (exact) mass is 505 g/mol. The lowest BCUT2D eigenvalue weighted by Gasteiger charge is -2.25. The number of benzene rings is 4. The van der Waals surface area contributed by atoms with Gasteiger partial charge in [-0.25, -0.2) is 0 Å². The second-order valence-corrected chi connectivity index (χ2v) is 10.2. The molecule has 0 aliphatic rings. The average molecular weight is 506 g/mol. The molecule has 3 N–H and O–H groups in total. The van der Waals surface area contributed by atoms with E-state index in [9.17, 15) is 0 Å². The van der Waals surface area contributed by atoms with Crippen molar-refractivity contribution in [1.29, 1.82) is 0 Å². The molecule has 0 aromatic heterocycles. The van der Waals surface area contributed by atoms with Crippen LogP contribution in [0.5, 0.6) is 0 Å². The zero-order valence-electron chi connectivity index (χ0n) is 22.7. The molecule has 2 atom stereocenters. The topological polar surface area (TPSA) is 36.1 Å². The maximum Gasteiger partial charge on any atom is 0.0233 e. The SMILES string of the molecule is CNC[C@H](Cc1ccccc1)NC[C@H](Cc1ccccc1)NCCCC(c1ccccc1)c1ccccc1. The van der Waals surface area contributed by atoms with Gasteiger partial charge in [-0.2, -0.15) is 0 Å². The van der Waals surface area contributed by atoms with Gasteiger partial charge in [-0.05, 0) is 61.5 Å². The van der Waals surface area contributed by atoms with Crippen molar-refractivity contribution < 1.29 is 0 Å². The third-order valence-electron chi connectivity index (χ3n) is 7.26. The van der Waals surface area contributed by atoms with E-state index in [4.69, 9.17) is 0 Å². The van der Waals surface area contributed by atoms with Crippen molar-refractivity contribution >= 4 is 0 Å². The van der Waals surface area contributed by atoms with Crippen LogP contribution < -0.4 is 16.0 Å². The van der Waals surface area contributed by atoms with Crippen LogP contribution in [0.15, 0.2) is 121 Å². The Balaban J connectivity index is 1.36. The Labute approximate surface area is 229 Å². The van der Waals surface area contributed by atoms with Crippen LogP contribution in [0.3, 0.4) is 0 Å². The maximum absolute atomic E-state index is 3.90. The van der Waals surface area contributed by atoms with Crippen molar-refractivity contribution in [2.75, 3.05) is 26.7 Å². The molecule has 4 rings (SSSR count). The minimum atomic E-state index is 0.374. The first-order valence-corrected chi connectivity index (χ1v) is 14.1. The summed E-state index contributed by atoms with van der Waals surface area (Å²) in [7, 11) is 2.04. The fraction of sp³-hybridized carbons (Fsp3) is 0.314. The van der Waals surface area contributed by atoms with Gasteiger partial charge in [0.15, 0.2) is 0 Å². The standard InChI is InChI=1S/C35H43N3/c1-36-27-33(25-29-15-6-2-7-16-29)38-28-34(26-30-17-8-3-9-18-30)37-24-14-23-35(31-19-10-4-11-20-31)32-21-12-5-13-22-32/h2-13,15-22,33-38H,14,23-28H2,1H3/t33-,34-/m0/s1. The predicted octanol–water partition coefficient (Wildman–Crippen LogP) is 6.22. The summed E-state index contributed by atoms with van der Waals surface area (Å²) in [4.78, 5) is 0. The van der Waals surface area contributed by atoms with Gasteiger partial charge in [0.25, 0.3) is 0 Å². The van der Waals surface area contributed by atoms with E-state index in [1.54, 1.807) is 0 Å². The Hall–Kier alpha value is -3.24. The van der Waals surface area contributed by atoms with Gasteiger partial charge in [-0.1, -0.05) is 121 Å². The molecule has 4 aromatic rings. The molecule has 0 bridgehead atoms. The van der Waals surface area contributed by atoms with Gasteiger partial charge < -0.3 is 16.0 Å². The van der Waals surface area contributed by atoms with E-state index in [1.807, 2.05) is 7.05 Å². The molecule has 198 valence electrons. The van der Waals surface area contributed by atoms with Crippen molar-refractivity contribution in [1.82, 2.24) is 16.0 Å². The largest absolute Gasteiger partial charge is 0.318 e. The maximum atomic E-state index is 3.90. The lowest BCUT2D eigenvalue weighted by Crippen LogP contribution is -2.47. The predicted molar refractivity (Wildman–Crippen MR) is 162 cm³/mol. The molecule has 0 aliphatic carbocycles. The van der Waals surface area contributed by atoms with Crippen LogP contribution in [0.1, 0.15) is 41.0 Å². The van der Waals surface area contributed by atoms with E-state index < -0.39 is 0 Å². The highest BCUT2D eigenvalue weighted by atomic mass is 15.0. The third kappa shape index (κ3) is 9.25. The van der Waals surface area contributed by atoms with Crippen molar-refractivity contribution in [3.8, 4) is 0 Å². The van der Waals surface area contributed by atoms with Gasteiger partial charge in [0, 0.05) is 31.1 Å². The molecular weight excluding hydrogens is 462 g/mol. The second-order valence-electron chi connectivity index (χ2n) is 10.2. The summed E-state index contributed by atoms with van der Waals surface area (Å²) in [6.07, 6.45) is 4.30. The molecule has 0 amide bonds. The van der Waals surface area contributed by atoms with E-state index >= 15 is 0 Å². The van der Waals surface area contributed by atoms with Gasteiger partial charge in [-0.15, -0.1) is 0 Å². The van der Waals surface area contributed by atoms with Crippen molar-refractivity contribution in [2.45, 2.75) is 43.7 Å². The smallest absolute Gasteiger partial charge is 0.0233 e. The fourth-order valence-electron chi connectivity index (χ4n) is 5.29. The van der Waals surface area contributed by atoms with Crippen LogP contribution >= 0.6 is 0 Å². The van der Waals surface area contributed by atoms with E-state index in [1.165, 1.54) is 22.3 Å². The van der Waals surface area contributed by atoms with Crippen molar-refractivity contribution in [3.05, 3.63) is 144 Å². The quantitative estimate of drug-likeness (QED) is 0.158. The highest BCUT2D eigenvalue weighted by Gasteiger charge is 2.16. The molecule has 4 aromatic carbocycles. The molecule has 0 aliphatic heterocycles. The summed E-state index contributed by atoms with van der Waals surface area (Å²) in [5.74, 6) is 0.427. The van der Waals surface area contributed by atoms with Gasteiger partial charge in [0.1, 0.15) is 0 Å². The molecule has 0 heterocycles. The van der Waals surface area contributed by atoms with Gasteiger partial charge in [0.05, 0.1) is 0 Å². The zero-order valence-corrected chi connectivity index (χ0v) is 22.7. The highest BCUT2D eigenvalue weighted by molar-refractivity contribution is 5.32. The molecule has 0 fully saturated rings. The van der Waals surface area contributed by atoms with Crippen LogP contribution in [0.2, 0.25) is 0 Å². The molecule has 0 saturated heterocycles. The fourth-order valence-corrected chi connectivity index (χ4v) is 5.29. The first kappa shape index (κ1) is 27.8. The van der Waals surface area contributed by atoms with Crippen LogP contribution in [-0.2, 0) is 12.8 Å². The van der Waals surface area contributed by atoms with Gasteiger partial charge >= 0.3 is 0 Å². The Morgan fingerprint density at radius 2 is 0.974 bits per heavy atom. The Kier molecular flexibility index (Phi) is 11.6. The number of nitrogens with one attached hydrogen (secondary N) is 3. The normalized spacial score (nSPS) is 12.9. The van der Waals surface area contributed by atoms with E-state index in [0.29, 0.717) is 18.0 Å². The van der Waals surface area contributed by atoms with Gasteiger partial charge in [-0.3, -0.25) is 0 Å². The lowest BCUT2D eigenvalue weighted by atomic mass is 9.87. The molecule has 3 nitrogen and oxygen atoms in total. The van der Waals surface area contributed by atoms with E-state index in [2.05, 4.69) is 137 Å². The Morgan fingerprint density at radius 1 is 0.526 bits per heavy atom. The zero-order chi connectivity index (χ0) is 26.3. The minimum Gasteiger partial charge on any atom is -0.318 e. The van der Waals surface area contributed by atoms with Crippen molar-refractivity contribution in [2.24, 2.45) is 0 Å². The lowest BCUT2D eigenvalue weighted by molar-refractivity contribution is 0.412. The van der Waals surface area contributed by atoms with Crippen LogP contribution in [0.4, 0.5) is 0 Å². The number of likely N-dealkylation sites (N-methyl/N-ethyl adjacent to an activating group) is 1. The van der Waals surface area contributed by atoms with E-state index in [-0.39, 0.29) is 0 Å². The first-order chi connectivity index (χ1) is 18.8. The Morgan fingerprint density at radius 3 is 1.45 bits per heavy atom. The summed E-state index contributed by atoms with van der Waals surface area (Å²) in [6, 6.07) is 44.3. The highest BCUT2D eigenvalue weighted by Crippen LogP contribution is 2.28. The third-order valence-corrected chi connectivity index (χ3v) is 7.26. The van der Waals surface area contributed by atoms with Crippen LogP contribution in [-0.4, -0.2) is 38.8 Å². The van der Waals surface area contributed by atoms with Gasteiger partial charge in [0.2, 0.25) is 0 Å². The molecule has 38 heavy (non-hydrogen) atoms. The van der Waals surface area contributed by atoms with Crippen molar-refractivity contribution in [3.63, 3.8) is 0 Å². The molecule has 0 saturated carbocycles. The van der Waals surface area contributed by atoms with Crippen LogP contribution in [0, 0.1) is 0 Å². The number of rotatable bonds is 16. The molecular formula is C35H43N3. The molecule has 0 unspecified atom stereocenters. The van der Waals surface area contributed by atoms with Crippen LogP contribution in [0.25, 0.3) is 0 Å². The summed E-state index contributed by atoms with van der Waals surface area (Å²) in [5.41, 5.74) is 5.56. The molecule has 0 radical (unpaired) electrons. The molecule has 0 spiro atoms. The average Bonchev–Trinajstić information content (AvgIpc) is 2.98. The summed E-state index contributed by atoms with van der Waals surface area (Å²) in [6.45, 7) is 2.89. The van der Waals surface area contributed by atoms with E-state index in [0.717, 1.165) is 45.3 Å².